The maximum Gasteiger partial charge on any atom is 0.326 e. The Balaban J connectivity index is 6.40. The summed E-state index contributed by atoms with van der Waals surface area (Å²) >= 11 is 0. The van der Waals surface area contributed by atoms with Crippen molar-refractivity contribution in [3.05, 3.63) is 0 Å². The Kier molecular flexibility index (Phi) is 29.5. The van der Waals surface area contributed by atoms with Gasteiger partial charge in [-0.1, -0.05) is 55.4 Å². The predicted octanol–water partition coefficient (Wildman–Crippen LogP) is -2.57. The quantitative estimate of drug-likeness (QED) is 0.0290. The molecule has 0 aromatic heterocycles. The molecule has 9 atom stereocenters. The van der Waals surface area contributed by atoms with Crippen LogP contribution in [0, 0.1) is 23.7 Å². The average molecular weight is 1010 g/mol. The highest BCUT2D eigenvalue weighted by molar-refractivity contribution is 5.99. The fraction of sp³-hybridized carbons (Fsp3) is 0.733. The van der Waals surface area contributed by atoms with Gasteiger partial charge in [-0.3, -0.25) is 52.7 Å². The zero-order valence-electron chi connectivity index (χ0n) is 42.3. The molecule has 0 aliphatic heterocycles. The highest BCUT2D eigenvalue weighted by Crippen LogP contribution is 2.12. The molecule has 0 unspecified atom stereocenters. The molecule has 0 rings (SSSR count). The van der Waals surface area contributed by atoms with Crippen LogP contribution in [0.15, 0.2) is 0 Å². The summed E-state index contributed by atoms with van der Waals surface area (Å²) in [4.78, 5) is 155. The van der Waals surface area contributed by atoms with E-state index in [1.54, 1.807) is 55.4 Å². The van der Waals surface area contributed by atoms with Crippen molar-refractivity contribution < 1.29 is 72.9 Å². The van der Waals surface area contributed by atoms with E-state index in [1.807, 2.05) is 0 Å². The number of rotatable bonds is 35. The van der Waals surface area contributed by atoms with Crippen molar-refractivity contribution >= 4 is 71.1 Å². The standard InChI is InChI=1S/C45H79N11O15/c1-21(2)16-26(47)38(63)50-28(13-14-34(58)59)39(64)54-31(20-35(60)61)43(68)53-30(19-33(48)57)41(66)49-25(9)37(62)52-29(17-22(3)4)42(67)51-27(12-10-11-15-46)40(65)56-36(24(7)8)44(69)55-32(45(70)71)18-23(5)6/h21-32,36H,10-20,46-47H2,1-9H3,(H2,48,57)(H,49,66)(H,50,63)(H,51,67)(H,52,62)(H,53,68)(H,54,64)(H,55,69)(H,56,65)(H,58,59)(H,60,61)(H,70,71)/t25-,26-,27-,28-,29-,30-,31-,32-,36-/m0/s1. The summed E-state index contributed by atoms with van der Waals surface area (Å²) in [6, 6.07) is -13.0. The third-order valence-corrected chi connectivity index (χ3v) is 10.6. The smallest absolute Gasteiger partial charge is 0.326 e. The summed E-state index contributed by atoms with van der Waals surface area (Å²) in [6.07, 6.45) is -1.90. The van der Waals surface area contributed by atoms with Crippen molar-refractivity contribution in [2.75, 3.05) is 6.54 Å². The molecule has 9 amide bonds. The van der Waals surface area contributed by atoms with Gasteiger partial charge in [-0.2, -0.15) is 0 Å². The molecule has 0 aromatic carbocycles. The molecule has 71 heavy (non-hydrogen) atoms. The lowest BCUT2D eigenvalue weighted by atomic mass is 9.99. The molecule has 404 valence electrons. The highest BCUT2D eigenvalue weighted by Gasteiger charge is 2.36. The number of aliphatic carboxylic acids is 3. The van der Waals surface area contributed by atoms with Gasteiger partial charge in [-0.15, -0.1) is 0 Å². The van der Waals surface area contributed by atoms with E-state index >= 15 is 0 Å². The molecule has 0 saturated carbocycles. The van der Waals surface area contributed by atoms with Crippen LogP contribution in [0.4, 0.5) is 0 Å². The van der Waals surface area contributed by atoms with Gasteiger partial charge in [0.2, 0.25) is 53.2 Å². The molecule has 17 N–H and O–H groups in total. The molecule has 0 aliphatic carbocycles. The van der Waals surface area contributed by atoms with Gasteiger partial charge in [0.05, 0.1) is 18.9 Å². The molecule has 0 radical (unpaired) electrons. The Labute approximate surface area is 414 Å². The lowest BCUT2D eigenvalue weighted by molar-refractivity contribution is -0.143. The number of unbranched alkanes of at least 4 members (excludes halogenated alkanes) is 1. The van der Waals surface area contributed by atoms with Crippen LogP contribution in [-0.4, -0.2) is 147 Å². The van der Waals surface area contributed by atoms with E-state index < -0.39 is 157 Å². The molecule has 0 bridgehead atoms. The van der Waals surface area contributed by atoms with Crippen LogP contribution in [-0.2, 0) is 57.5 Å². The Morgan fingerprint density at radius 1 is 0.437 bits per heavy atom. The van der Waals surface area contributed by atoms with Gasteiger partial charge >= 0.3 is 17.9 Å². The van der Waals surface area contributed by atoms with Crippen LogP contribution >= 0.6 is 0 Å². The molecule has 0 aromatic rings. The van der Waals surface area contributed by atoms with Gasteiger partial charge in [0.15, 0.2) is 0 Å². The molecule has 0 spiro atoms. The third-order valence-electron chi connectivity index (χ3n) is 10.6. The minimum absolute atomic E-state index is 0.0153. The summed E-state index contributed by atoms with van der Waals surface area (Å²) in [5.41, 5.74) is 16.9. The second-order valence-electron chi connectivity index (χ2n) is 19.1. The van der Waals surface area contributed by atoms with Crippen LogP contribution in [0.2, 0.25) is 0 Å². The first kappa shape index (κ1) is 64.6. The van der Waals surface area contributed by atoms with Crippen LogP contribution in [0.25, 0.3) is 0 Å². The number of nitrogens with one attached hydrogen (secondary N) is 8. The first-order valence-electron chi connectivity index (χ1n) is 23.7. The van der Waals surface area contributed by atoms with Gasteiger partial charge in [-0.05, 0) is 82.1 Å². The predicted molar refractivity (Wildman–Crippen MR) is 256 cm³/mol. The second-order valence-corrected chi connectivity index (χ2v) is 19.1. The van der Waals surface area contributed by atoms with Crippen molar-refractivity contribution in [2.24, 2.45) is 40.9 Å². The monoisotopic (exact) mass is 1010 g/mol. The number of carboxylic acid groups (broad SMARTS) is 3. The number of carboxylic acids is 3. The van der Waals surface area contributed by atoms with Crippen LogP contribution < -0.4 is 59.7 Å². The highest BCUT2D eigenvalue weighted by atomic mass is 16.4. The molecule has 26 heteroatoms. The van der Waals surface area contributed by atoms with E-state index in [0.29, 0.717) is 12.8 Å². The first-order valence-corrected chi connectivity index (χ1v) is 23.7. The van der Waals surface area contributed by atoms with Gasteiger partial charge in [0.1, 0.15) is 48.3 Å². The topological polar surface area (TPSA) is 440 Å². The number of primary amides is 1. The Morgan fingerprint density at radius 2 is 0.859 bits per heavy atom. The minimum atomic E-state index is -1.97. The molecule has 0 saturated heterocycles. The summed E-state index contributed by atoms with van der Waals surface area (Å²) < 4.78 is 0. The molecule has 0 fully saturated rings. The number of carbonyl (C=O) groups is 12. The molecular formula is C45H79N11O15. The zero-order chi connectivity index (χ0) is 54.9. The number of amides is 9. The van der Waals surface area contributed by atoms with E-state index in [2.05, 4.69) is 42.5 Å². The third kappa shape index (κ3) is 26.4. The maximum absolute atomic E-state index is 13.9. The first-order chi connectivity index (χ1) is 32.9. The molecular weight excluding hydrogens is 935 g/mol. The largest absolute Gasteiger partial charge is 0.481 e. The fourth-order valence-electron chi connectivity index (χ4n) is 6.93. The lowest BCUT2D eigenvalue weighted by Crippen LogP contribution is -2.60. The van der Waals surface area contributed by atoms with E-state index in [4.69, 9.17) is 17.2 Å². The van der Waals surface area contributed by atoms with E-state index in [1.165, 1.54) is 6.92 Å². The van der Waals surface area contributed by atoms with E-state index in [0.717, 1.165) is 0 Å². The Bertz CT molecular complexity index is 1860. The summed E-state index contributed by atoms with van der Waals surface area (Å²) in [5, 5.41) is 47.6. The zero-order valence-corrected chi connectivity index (χ0v) is 42.3. The van der Waals surface area contributed by atoms with Crippen molar-refractivity contribution in [1.82, 2.24) is 42.5 Å². The van der Waals surface area contributed by atoms with Gasteiger partial charge < -0.3 is 75.1 Å². The summed E-state index contributed by atoms with van der Waals surface area (Å²) in [5.74, 6) is -14.0. The van der Waals surface area contributed by atoms with Crippen LogP contribution in [0.5, 0.6) is 0 Å². The number of carbonyl (C=O) groups excluding carboxylic acids is 9. The Morgan fingerprint density at radius 3 is 1.34 bits per heavy atom. The van der Waals surface area contributed by atoms with Crippen molar-refractivity contribution in [1.29, 1.82) is 0 Å². The minimum Gasteiger partial charge on any atom is -0.481 e. The van der Waals surface area contributed by atoms with E-state index in [9.17, 15) is 72.9 Å². The normalized spacial score (nSPS) is 15.1. The van der Waals surface area contributed by atoms with Gasteiger partial charge in [-0.25, -0.2) is 4.79 Å². The van der Waals surface area contributed by atoms with Gasteiger partial charge in [0, 0.05) is 6.42 Å². The maximum atomic E-state index is 13.9. The van der Waals surface area contributed by atoms with Gasteiger partial charge in [0.25, 0.3) is 0 Å². The van der Waals surface area contributed by atoms with Crippen LogP contribution in [0.1, 0.15) is 127 Å². The second kappa shape index (κ2) is 32.4. The Hall–Kier alpha value is -6.44. The van der Waals surface area contributed by atoms with Crippen LogP contribution in [0.3, 0.4) is 0 Å². The molecule has 26 nitrogen and oxygen atoms in total. The lowest BCUT2D eigenvalue weighted by Gasteiger charge is -2.28. The fourth-order valence-corrected chi connectivity index (χ4v) is 6.93. The molecule has 0 aliphatic rings. The van der Waals surface area contributed by atoms with Crippen molar-refractivity contribution in [3.8, 4) is 0 Å². The number of nitrogens with two attached hydrogens (primary N) is 3. The van der Waals surface area contributed by atoms with Crippen molar-refractivity contribution in [2.45, 2.75) is 181 Å². The summed E-state index contributed by atoms with van der Waals surface area (Å²) in [7, 11) is 0. The number of hydrogen-bond acceptors (Lipinski definition) is 14. The summed E-state index contributed by atoms with van der Waals surface area (Å²) in [6.45, 7) is 15.3. The SMILES string of the molecule is CC(C)C[C@H](NC(=O)[C@@H](NC(=O)[C@H](CCCCN)NC(=O)[C@H](CC(C)C)NC(=O)[C@H](C)NC(=O)[C@H](CC(N)=O)NC(=O)[C@H](CC(=O)O)NC(=O)[C@H](CCC(=O)O)NC(=O)[C@@H](N)CC(C)C)C(C)C)C(=O)O. The van der Waals surface area contributed by atoms with E-state index in [-0.39, 0.29) is 50.0 Å². The molecule has 0 heterocycles. The number of hydrogen-bond donors (Lipinski definition) is 14. The van der Waals surface area contributed by atoms with Crippen molar-refractivity contribution in [3.63, 3.8) is 0 Å². The average Bonchev–Trinajstić information content (AvgIpc) is 3.23.